The Bertz CT molecular complexity index is 1110. The largest absolute Gasteiger partial charge is 0.495 e. The van der Waals surface area contributed by atoms with E-state index in [1.807, 2.05) is 6.07 Å². The van der Waals surface area contributed by atoms with Crippen LogP contribution in [0.4, 0.5) is 11.5 Å². The summed E-state index contributed by atoms with van der Waals surface area (Å²) in [6, 6.07) is 13.6. The van der Waals surface area contributed by atoms with Gasteiger partial charge in [-0.1, -0.05) is 41.1 Å². The second kappa shape index (κ2) is 10.2. The standard InChI is InChI=1S/C24H25ClN4O2S/c1-16-5-3-7-19(13-16)32-24-22(26-10-11-27-24)29-12-4-6-17(15-29)23(30)28-18-8-9-21(31-2)20(25)14-18/h3,5,7-11,13-14,17H,4,6,12,15H2,1-2H3,(H,28,30). The number of hydrogen-bond donors (Lipinski definition) is 1. The highest BCUT2D eigenvalue weighted by atomic mass is 35.5. The second-order valence-electron chi connectivity index (χ2n) is 7.73. The second-order valence-corrected chi connectivity index (χ2v) is 9.20. The SMILES string of the molecule is COc1ccc(NC(=O)C2CCCN(c3nccnc3Sc3cccc(C)c3)C2)cc1Cl. The molecule has 0 spiro atoms. The number of halogens is 1. The van der Waals surface area contributed by atoms with Gasteiger partial charge in [-0.05, 0) is 50.1 Å². The van der Waals surface area contributed by atoms with Gasteiger partial charge in [0.05, 0.1) is 18.1 Å². The lowest BCUT2D eigenvalue weighted by molar-refractivity contribution is -0.120. The van der Waals surface area contributed by atoms with Gasteiger partial charge in [0.2, 0.25) is 5.91 Å². The number of ether oxygens (including phenoxy) is 1. The summed E-state index contributed by atoms with van der Waals surface area (Å²) in [6.07, 6.45) is 5.15. The summed E-state index contributed by atoms with van der Waals surface area (Å²) in [5.74, 6) is 1.23. The van der Waals surface area contributed by atoms with Gasteiger partial charge in [0.1, 0.15) is 10.8 Å². The molecule has 2 heterocycles. The van der Waals surface area contributed by atoms with E-state index in [1.54, 1.807) is 49.5 Å². The van der Waals surface area contributed by atoms with E-state index in [1.165, 1.54) is 5.56 Å². The van der Waals surface area contributed by atoms with Crippen LogP contribution in [0, 0.1) is 12.8 Å². The van der Waals surface area contributed by atoms with Gasteiger partial charge >= 0.3 is 0 Å². The Morgan fingerprint density at radius 2 is 2.06 bits per heavy atom. The zero-order chi connectivity index (χ0) is 22.5. The molecule has 3 aromatic rings. The van der Waals surface area contributed by atoms with E-state index in [2.05, 4.69) is 45.3 Å². The molecule has 166 valence electrons. The molecule has 1 aliphatic heterocycles. The molecule has 2 aromatic carbocycles. The number of methoxy groups -OCH3 is 1. The zero-order valence-electron chi connectivity index (χ0n) is 18.0. The van der Waals surface area contributed by atoms with Crippen LogP contribution >= 0.6 is 23.4 Å². The predicted octanol–water partition coefficient (Wildman–Crippen LogP) is 5.45. The number of carbonyl (C=O) groups excluding carboxylic acids is 1. The first kappa shape index (κ1) is 22.4. The summed E-state index contributed by atoms with van der Waals surface area (Å²) in [7, 11) is 1.56. The molecule has 1 fully saturated rings. The van der Waals surface area contributed by atoms with E-state index < -0.39 is 0 Å². The van der Waals surface area contributed by atoms with Crippen LogP contribution < -0.4 is 15.0 Å². The monoisotopic (exact) mass is 468 g/mol. The number of aryl methyl sites for hydroxylation is 1. The van der Waals surface area contributed by atoms with Crippen LogP contribution in [0.5, 0.6) is 5.75 Å². The van der Waals surface area contributed by atoms with Crippen molar-refractivity contribution in [3.8, 4) is 5.75 Å². The van der Waals surface area contributed by atoms with Crippen molar-refractivity contribution in [2.24, 2.45) is 5.92 Å². The Kier molecular flexibility index (Phi) is 7.17. The van der Waals surface area contributed by atoms with E-state index in [0.29, 0.717) is 23.0 Å². The smallest absolute Gasteiger partial charge is 0.229 e. The van der Waals surface area contributed by atoms with Crippen LogP contribution in [-0.2, 0) is 4.79 Å². The zero-order valence-corrected chi connectivity index (χ0v) is 19.6. The van der Waals surface area contributed by atoms with Gasteiger partial charge in [-0.3, -0.25) is 4.79 Å². The number of nitrogens with one attached hydrogen (secondary N) is 1. The Morgan fingerprint density at radius 3 is 2.84 bits per heavy atom. The van der Waals surface area contributed by atoms with Gasteiger partial charge in [-0.25, -0.2) is 9.97 Å². The van der Waals surface area contributed by atoms with Gasteiger partial charge in [-0.15, -0.1) is 0 Å². The molecule has 32 heavy (non-hydrogen) atoms. The maximum absolute atomic E-state index is 13.0. The molecule has 1 aromatic heterocycles. The Balaban J connectivity index is 1.47. The normalized spacial score (nSPS) is 16.0. The van der Waals surface area contributed by atoms with Gasteiger partial charge in [0.25, 0.3) is 0 Å². The van der Waals surface area contributed by atoms with E-state index >= 15 is 0 Å². The van der Waals surface area contributed by atoms with Crippen molar-refractivity contribution in [2.45, 2.75) is 29.7 Å². The van der Waals surface area contributed by atoms with Crippen LogP contribution in [0.1, 0.15) is 18.4 Å². The van der Waals surface area contributed by atoms with Crippen molar-refractivity contribution in [3.63, 3.8) is 0 Å². The summed E-state index contributed by atoms with van der Waals surface area (Å²) in [5, 5.41) is 4.30. The van der Waals surface area contributed by atoms with Gasteiger partial charge in [0, 0.05) is 36.1 Å². The molecule has 1 unspecified atom stereocenters. The Morgan fingerprint density at radius 1 is 1.22 bits per heavy atom. The van der Waals surface area contributed by atoms with Gasteiger partial charge < -0.3 is 15.0 Å². The first-order chi connectivity index (χ1) is 15.5. The van der Waals surface area contributed by atoms with Crippen molar-refractivity contribution >= 4 is 40.8 Å². The number of amides is 1. The fourth-order valence-electron chi connectivity index (χ4n) is 3.77. The molecular weight excluding hydrogens is 444 g/mol. The minimum atomic E-state index is -0.150. The maximum atomic E-state index is 13.0. The fourth-order valence-corrected chi connectivity index (χ4v) is 5.03. The number of benzene rings is 2. The molecule has 0 radical (unpaired) electrons. The van der Waals surface area contributed by atoms with E-state index in [4.69, 9.17) is 16.3 Å². The summed E-state index contributed by atoms with van der Waals surface area (Å²) in [6.45, 7) is 3.51. The van der Waals surface area contributed by atoms with E-state index in [-0.39, 0.29) is 11.8 Å². The molecule has 1 amide bonds. The number of piperidine rings is 1. The Labute approximate surface area is 197 Å². The molecule has 0 bridgehead atoms. The quantitative estimate of drug-likeness (QED) is 0.518. The average Bonchev–Trinajstić information content (AvgIpc) is 2.80. The fraction of sp³-hybridized carbons (Fsp3) is 0.292. The first-order valence-corrected chi connectivity index (χ1v) is 11.7. The third kappa shape index (κ3) is 5.34. The van der Waals surface area contributed by atoms with Crippen LogP contribution in [-0.4, -0.2) is 36.1 Å². The molecule has 0 aliphatic carbocycles. The summed E-state index contributed by atoms with van der Waals surface area (Å²) >= 11 is 7.79. The van der Waals surface area contributed by atoms with Crippen LogP contribution in [0.3, 0.4) is 0 Å². The minimum absolute atomic E-state index is 0.0206. The number of aromatic nitrogens is 2. The third-order valence-corrected chi connectivity index (χ3v) is 6.63. The van der Waals surface area contributed by atoms with Crippen molar-refractivity contribution in [1.82, 2.24) is 9.97 Å². The van der Waals surface area contributed by atoms with Crippen LogP contribution in [0.15, 0.2) is 64.8 Å². The number of rotatable bonds is 6. The van der Waals surface area contributed by atoms with Gasteiger partial charge in [-0.2, -0.15) is 0 Å². The van der Waals surface area contributed by atoms with Gasteiger partial charge in [0.15, 0.2) is 5.82 Å². The van der Waals surface area contributed by atoms with Crippen LogP contribution in [0.25, 0.3) is 0 Å². The topological polar surface area (TPSA) is 67.3 Å². The number of hydrogen-bond acceptors (Lipinski definition) is 6. The predicted molar refractivity (Wildman–Crippen MR) is 129 cm³/mol. The maximum Gasteiger partial charge on any atom is 0.229 e. The summed E-state index contributed by atoms with van der Waals surface area (Å²) < 4.78 is 5.18. The first-order valence-electron chi connectivity index (χ1n) is 10.5. The molecule has 1 atom stereocenters. The van der Waals surface area contributed by atoms with Crippen LogP contribution in [0.2, 0.25) is 5.02 Å². The molecule has 6 nitrogen and oxygen atoms in total. The molecular formula is C24H25ClN4O2S. The molecule has 4 rings (SSSR count). The average molecular weight is 469 g/mol. The highest BCUT2D eigenvalue weighted by molar-refractivity contribution is 7.99. The van der Waals surface area contributed by atoms with Crippen molar-refractivity contribution in [1.29, 1.82) is 0 Å². The van der Waals surface area contributed by atoms with E-state index in [0.717, 1.165) is 35.1 Å². The Hall–Kier alpha value is -2.77. The number of carbonyl (C=O) groups is 1. The lowest BCUT2D eigenvalue weighted by atomic mass is 9.97. The molecule has 1 aliphatic rings. The van der Waals surface area contributed by atoms with Crippen molar-refractivity contribution in [3.05, 3.63) is 65.4 Å². The molecule has 1 saturated heterocycles. The van der Waals surface area contributed by atoms with Crippen molar-refractivity contribution < 1.29 is 9.53 Å². The van der Waals surface area contributed by atoms with Crippen molar-refractivity contribution in [2.75, 3.05) is 30.4 Å². The lowest BCUT2D eigenvalue weighted by Gasteiger charge is -2.33. The molecule has 8 heteroatoms. The third-order valence-electron chi connectivity index (χ3n) is 5.36. The summed E-state index contributed by atoms with van der Waals surface area (Å²) in [5.41, 5.74) is 1.86. The lowest BCUT2D eigenvalue weighted by Crippen LogP contribution is -2.41. The highest BCUT2D eigenvalue weighted by Gasteiger charge is 2.28. The molecule has 1 N–H and O–H groups in total. The number of nitrogens with zero attached hydrogens (tertiary/aromatic N) is 3. The number of anilines is 2. The highest BCUT2D eigenvalue weighted by Crippen LogP contribution is 2.34. The molecule has 0 saturated carbocycles. The van der Waals surface area contributed by atoms with E-state index in [9.17, 15) is 4.79 Å². The minimum Gasteiger partial charge on any atom is -0.495 e. The summed E-state index contributed by atoms with van der Waals surface area (Å²) in [4.78, 5) is 25.4.